The molecule has 2 rings (SSSR count). The molecule has 1 unspecified atom stereocenters. The number of nitrogens with zero attached hydrogens (tertiary/aromatic N) is 3. The van der Waals surface area contributed by atoms with Crippen molar-refractivity contribution in [1.29, 1.82) is 0 Å². The van der Waals surface area contributed by atoms with E-state index in [9.17, 15) is 9.59 Å². The quantitative estimate of drug-likeness (QED) is 0.799. The lowest BCUT2D eigenvalue weighted by Gasteiger charge is -2.23. The van der Waals surface area contributed by atoms with Crippen LogP contribution in [-0.4, -0.2) is 46.0 Å². The number of likely N-dealkylation sites (tertiary alicyclic amines) is 1. The van der Waals surface area contributed by atoms with E-state index in [0.29, 0.717) is 18.3 Å². The Morgan fingerprint density at radius 1 is 1.38 bits per heavy atom. The van der Waals surface area contributed by atoms with E-state index in [1.54, 1.807) is 4.90 Å². The van der Waals surface area contributed by atoms with Gasteiger partial charge < -0.3 is 20.5 Å². The Bertz CT molecular complexity index is 584. The lowest BCUT2D eigenvalue weighted by atomic mass is 10.1. The van der Waals surface area contributed by atoms with Crippen LogP contribution in [0.4, 0.5) is 0 Å². The topological polar surface area (TPSA) is 114 Å². The van der Waals surface area contributed by atoms with Crippen molar-refractivity contribution in [2.45, 2.75) is 58.5 Å². The average molecular weight is 337 g/mol. The summed E-state index contributed by atoms with van der Waals surface area (Å²) in [5.74, 6) is 0.811. The number of nitrogens with two attached hydrogens (primary N) is 1. The standard InChI is InChI=1S/C16H27N5O3/c1-9(2)13(17)15(23)18-8-12(22)21-7-5-6-11(21)14-19-16(10(3)4)24-20-14/h9-11,13H,5-8,17H2,1-4H3,(H,18,23)/t11?,13-/m0/s1. The van der Waals surface area contributed by atoms with Crippen LogP contribution in [0.15, 0.2) is 4.52 Å². The highest BCUT2D eigenvalue weighted by molar-refractivity contribution is 5.87. The van der Waals surface area contributed by atoms with Crippen molar-refractivity contribution in [3.8, 4) is 0 Å². The zero-order valence-electron chi connectivity index (χ0n) is 14.8. The summed E-state index contributed by atoms with van der Waals surface area (Å²) < 4.78 is 5.24. The Balaban J connectivity index is 1.96. The zero-order chi connectivity index (χ0) is 17.9. The fourth-order valence-corrected chi connectivity index (χ4v) is 2.64. The third kappa shape index (κ3) is 4.11. The van der Waals surface area contributed by atoms with Crippen LogP contribution in [0.1, 0.15) is 64.2 Å². The molecule has 0 spiro atoms. The molecule has 0 saturated carbocycles. The van der Waals surface area contributed by atoms with Crippen molar-refractivity contribution >= 4 is 11.8 Å². The SMILES string of the molecule is CC(C)c1nc(C2CCCN2C(=O)CNC(=O)[C@@H](N)C(C)C)no1. The van der Waals surface area contributed by atoms with Gasteiger partial charge in [0.15, 0.2) is 5.82 Å². The number of aromatic nitrogens is 2. The van der Waals surface area contributed by atoms with Gasteiger partial charge in [-0.2, -0.15) is 4.98 Å². The first-order chi connectivity index (χ1) is 11.3. The Hall–Kier alpha value is -1.96. The fourth-order valence-electron chi connectivity index (χ4n) is 2.64. The predicted molar refractivity (Wildman–Crippen MR) is 87.9 cm³/mol. The molecular formula is C16H27N5O3. The largest absolute Gasteiger partial charge is 0.346 e. The number of carbonyl (C=O) groups excluding carboxylic acids is 2. The van der Waals surface area contributed by atoms with E-state index in [0.717, 1.165) is 12.8 Å². The summed E-state index contributed by atoms with van der Waals surface area (Å²) in [4.78, 5) is 30.4. The van der Waals surface area contributed by atoms with E-state index in [4.69, 9.17) is 10.3 Å². The summed E-state index contributed by atoms with van der Waals surface area (Å²) in [7, 11) is 0. The second-order valence-electron chi connectivity index (χ2n) is 6.88. The maximum absolute atomic E-state index is 12.5. The van der Waals surface area contributed by atoms with E-state index in [2.05, 4.69) is 15.5 Å². The highest BCUT2D eigenvalue weighted by atomic mass is 16.5. The van der Waals surface area contributed by atoms with Crippen molar-refractivity contribution in [3.63, 3.8) is 0 Å². The van der Waals surface area contributed by atoms with Gasteiger partial charge in [-0.3, -0.25) is 9.59 Å². The molecule has 8 nitrogen and oxygen atoms in total. The van der Waals surface area contributed by atoms with Crippen molar-refractivity contribution in [3.05, 3.63) is 11.7 Å². The minimum Gasteiger partial charge on any atom is -0.346 e. The molecule has 1 aliphatic heterocycles. The molecule has 0 radical (unpaired) electrons. The van der Waals surface area contributed by atoms with Gasteiger partial charge >= 0.3 is 0 Å². The highest BCUT2D eigenvalue weighted by Gasteiger charge is 2.33. The smallest absolute Gasteiger partial charge is 0.242 e. The molecule has 2 heterocycles. The Morgan fingerprint density at radius 3 is 2.67 bits per heavy atom. The van der Waals surface area contributed by atoms with Gasteiger partial charge in [-0.15, -0.1) is 0 Å². The van der Waals surface area contributed by atoms with Gasteiger partial charge in [-0.05, 0) is 18.8 Å². The van der Waals surface area contributed by atoms with E-state index in [-0.39, 0.29) is 36.2 Å². The molecule has 3 N–H and O–H groups in total. The highest BCUT2D eigenvalue weighted by Crippen LogP contribution is 2.30. The van der Waals surface area contributed by atoms with Gasteiger partial charge in [-0.1, -0.05) is 32.9 Å². The molecule has 2 atom stereocenters. The third-order valence-electron chi connectivity index (χ3n) is 4.26. The number of hydrogen-bond acceptors (Lipinski definition) is 6. The lowest BCUT2D eigenvalue weighted by molar-refractivity contribution is -0.134. The van der Waals surface area contributed by atoms with Gasteiger partial charge in [-0.25, -0.2) is 0 Å². The van der Waals surface area contributed by atoms with Crippen LogP contribution in [0.5, 0.6) is 0 Å². The fraction of sp³-hybridized carbons (Fsp3) is 0.750. The first-order valence-corrected chi connectivity index (χ1v) is 8.47. The van der Waals surface area contributed by atoms with Gasteiger partial charge in [0.2, 0.25) is 17.7 Å². The van der Waals surface area contributed by atoms with Crippen LogP contribution < -0.4 is 11.1 Å². The van der Waals surface area contributed by atoms with E-state index in [1.807, 2.05) is 27.7 Å². The molecular weight excluding hydrogens is 310 g/mol. The summed E-state index contributed by atoms with van der Waals surface area (Å²) in [6, 6.07) is -0.803. The van der Waals surface area contributed by atoms with Crippen LogP contribution >= 0.6 is 0 Å². The number of nitrogens with one attached hydrogen (secondary N) is 1. The van der Waals surface area contributed by atoms with Crippen LogP contribution in [0.2, 0.25) is 0 Å². The minimum atomic E-state index is -0.613. The zero-order valence-corrected chi connectivity index (χ0v) is 14.8. The number of rotatable bonds is 6. The molecule has 0 bridgehead atoms. The maximum Gasteiger partial charge on any atom is 0.242 e. The van der Waals surface area contributed by atoms with E-state index < -0.39 is 6.04 Å². The molecule has 0 aromatic carbocycles. The summed E-state index contributed by atoms with van der Waals surface area (Å²) in [6.45, 7) is 8.24. The molecule has 24 heavy (non-hydrogen) atoms. The van der Waals surface area contributed by atoms with Crippen molar-refractivity contribution in [1.82, 2.24) is 20.4 Å². The molecule has 134 valence electrons. The monoisotopic (exact) mass is 337 g/mol. The van der Waals surface area contributed by atoms with E-state index in [1.165, 1.54) is 0 Å². The third-order valence-corrected chi connectivity index (χ3v) is 4.26. The molecule has 1 saturated heterocycles. The first kappa shape index (κ1) is 18.4. The van der Waals surface area contributed by atoms with Crippen molar-refractivity contribution in [2.75, 3.05) is 13.1 Å². The molecule has 8 heteroatoms. The Labute approximate surface area is 142 Å². The molecule has 1 aliphatic rings. The summed E-state index contributed by atoms with van der Waals surface area (Å²) >= 11 is 0. The summed E-state index contributed by atoms with van der Waals surface area (Å²) in [6.07, 6.45) is 1.67. The molecule has 1 fully saturated rings. The molecule has 1 aromatic heterocycles. The maximum atomic E-state index is 12.5. The Kier molecular flexibility index (Phi) is 5.93. The number of hydrogen-bond donors (Lipinski definition) is 2. The molecule has 2 amide bonds. The average Bonchev–Trinajstić information content (AvgIpc) is 3.19. The Morgan fingerprint density at radius 2 is 2.08 bits per heavy atom. The normalized spacial score (nSPS) is 19.1. The van der Waals surface area contributed by atoms with Crippen LogP contribution in [0.25, 0.3) is 0 Å². The first-order valence-electron chi connectivity index (χ1n) is 8.47. The lowest BCUT2D eigenvalue weighted by Crippen LogP contribution is -2.47. The summed E-state index contributed by atoms with van der Waals surface area (Å²) in [5, 5.41) is 6.63. The van der Waals surface area contributed by atoms with Gasteiger partial charge in [0.1, 0.15) is 0 Å². The predicted octanol–water partition coefficient (Wildman–Crippen LogP) is 0.956. The van der Waals surface area contributed by atoms with Gasteiger partial charge in [0, 0.05) is 12.5 Å². The number of amides is 2. The van der Waals surface area contributed by atoms with Crippen LogP contribution in [0, 0.1) is 5.92 Å². The van der Waals surface area contributed by atoms with Gasteiger partial charge in [0.25, 0.3) is 0 Å². The minimum absolute atomic E-state index is 0.0217. The molecule has 1 aromatic rings. The summed E-state index contributed by atoms with van der Waals surface area (Å²) in [5.41, 5.74) is 5.78. The molecule has 0 aliphatic carbocycles. The van der Waals surface area contributed by atoms with Crippen molar-refractivity contribution < 1.29 is 14.1 Å². The van der Waals surface area contributed by atoms with Crippen LogP contribution in [0.3, 0.4) is 0 Å². The van der Waals surface area contributed by atoms with E-state index >= 15 is 0 Å². The van der Waals surface area contributed by atoms with Crippen molar-refractivity contribution in [2.24, 2.45) is 11.7 Å². The van der Waals surface area contributed by atoms with Crippen LogP contribution in [-0.2, 0) is 9.59 Å². The second-order valence-corrected chi connectivity index (χ2v) is 6.88. The number of carbonyl (C=O) groups is 2. The second kappa shape index (κ2) is 7.74. The van der Waals surface area contributed by atoms with Gasteiger partial charge in [0.05, 0.1) is 18.6 Å².